The fourth-order valence-corrected chi connectivity index (χ4v) is 2.33. The highest BCUT2D eigenvalue weighted by Gasteiger charge is 2.26. The van der Waals surface area contributed by atoms with Gasteiger partial charge < -0.3 is 10.3 Å². The molecule has 106 valence electrons. The molecule has 1 saturated carbocycles. The maximum absolute atomic E-state index is 11.6. The second-order valence-electron chi connectivity index (χ2n) is 5.27. The molecule has 1 aliphatic rings. The molecular weight excluding hydrogens is 254 g/mol. The van der Waals surface area contributed by atoms with Crippen LogP contribution in [0.3, 0.4) is 0 Å². The van der Waals surface area contributed by atoms with Crippen LogP contribution < -0.4 is 10.9 Å². The van der Waals surface area contributed by atoms with E-state index in [4.69, 9.17) is 0 Å². The first-order chi connectivity index (χ1) is 9.65. The van der Waals surface area contributed by atoms with Crippen molar-refractivity contribution in [1.29, 1.82) is 0 Å². The van der Waals surface area contributed by atoms with E-state index in [2.05, 4.69) is 27.3 Å². The maximum Gasteiger partial charge on any atom is 0.252 e. The molecule has 0 amide bonds. The molecule has 6 nitrogen and oxygen atoms in total. The van der Waals surface area contributed by atoms with Gasteiger partial charge in [-0.05, 0) is 19.3 Å². The van der Waals surface area contributed by atoms with Crippen LogP contribution in [0.15, 0.2) is 17.1 Å². The molecule has 2 heterocycles. The van der Waals surface area contributed by atoms with Crippen molar-refractivity contribution in [2.45, 2.75) is 38.6 Å². The summed E-state index contributed by atoms with van der Waals surface area (Å²) in [4.78, 5) is 18.9. The van der Waals surface area contributed by atoms with Crippen molar-refractivity contribution < 1.29 is 0 Å². The molecule has 3 rings (SSSR count). The Hall–Kier alpha value is -2.11. The summed E-state index contributed by atoms with van der Waals surface area (Å²) in [6.45, 7) is 2.72. The Morgan fingerprint density at radius 1 is 1.50 bits per heavy atom. The van der Waals surface area contributed by atoms with Gasteiger partial charge in [0.2, 0.25) is 0 Å². The summed E-state index contributed by atoms with van der Waals surface area (Å²) >= 11 is 0. The maximum atomic E-state index is 11.6. The smallest absolute Gasteiger partial charge is 0.252 e. The topological polar surface area (TPSA) is 75.6 Å². The third kappa shape index (κ3) is 2.74. The molecule has 0 saturated heterocycles. The van der Waals surface area contributed by atoms with Crippen molar-refractivity contribution >= 4 is 5.82 Å². The van der Waals surface area contributed by atoms with Gasteiger partial charge in [-0.3, -0.25) is 9.48 Å². The monoisotopic (exact) mass is 273 g/mol. The quantitative estimate of drug-likeness (QED) is 0.866. The van der Waals surface area contributed by atoms with E-state index >= 15 is 0 Å². The van der Waals surface area contributed by atoms with E-state index in [1.54, 1.807) is 0 Å². The van der Waals surface area contributed by atoms with Crippen LogP contribution >= 0.6 is 0 Å². The zero-order valence-electron chi connectivity index (χ0n) is 11.8. The molecule has 2 N–H and O–H groups in total. The number of aryl methyl sites for hydroxylation is 2. The van der Waals surface area contributed by atoms with E-state index in [9.17, 15) is 4.79 Å². The lowest BCUT2D eigenvalue weighted by Gasteiger charge is -2.06. The van der Waals surface area contributed by atoms with Gasteiger partial charge in [0.1, 0.15) is 11.6 Å². The average Bonchev–Trinajstić information content (AvgIpc) is 3.20. The Bertz CT molecular complexity index is 668. The number of H-pyrrole nitrogens is 1. The van der Waals surface area contributed by atoms with Crippen molar-refractivity contribution in [2.75, 3.05) is 5.32 Å². The largest absolute Gasteiger partial charge is 0.366 e. The first-order valence-electron chi connectivity index (χ1n) is 7.02. The third-order valence-electron chi connectivity index (χ3n) is 3.51. The number of rotatable bonds is 5. The molecule has 2 aromatic rings. The van der Waals surface area contributed by atoms with Gasteiger partial charge in [-0.2, -0.15) is 5.10 Å². The summed E-state index contributed by atoms with van der Waals surface area (Å²) in [5.41, 5.74) is 2.13. The zero-order valence-corrected chi connectivity index (χ0v) is 11.8. The summed E-state index contributed by atoms with van der Waals surface area (Å²) in [5.74, 6) is 1.89. The minimum atomic E-state index is -0.0914. The summed E-state index contributed by atoms with van der Waals surface area (Å²) in [6.07, 6.45) is 5.14. The van der Waals surface area contributed by atoms with Crippen LogP contribution in [-0.4, -0.2) is 19.7 Å². The summed E-state index contributed by atoms with van der Waals surface area (Å²) in [7, 11) is 1.92. The third-order valence-corrected chi connectivity index (χ3v) is 3.51. The predicted molar refractivity (Wildman–Crippen MR) is 76.7 cm³/mol. The van der Waals surface area contributed by atoms with E-state index in [1.807, 2.05) is 17.9 Å². The summed E-state index contributed by atoms with van der Waals surface area (Å²) in [5, 5.41) is 7.63. The molecule has 0 bridgehead atoms. The minimum absolute atomic E-state index is 0.0914. The van der Waals surface area contributed by atoms with E-state index < -0.39 is 0 Å². The molecule has 0 aliphatic heterocycles. The average molecular weight is 273 g/mol. The van der Waals surface area contributed by atoms with E-state index in [0.717, 1.165) is 36.3 Å². The van der Waals surface area contributed by atoms with Crippen LogP contribution in [0, 0.1) is 0 Å². The van der Waals surface area contributed by atoms with Crippen molar-refractivity contribution in [2.24, 2.45) is 7.05 Å². The highest BCUT2D eigenvalue weighted by atomic mass is 16.1. The van der Waals surface area contributed by atoms with Crippen LogP contribution in [0.2, 0.25) is 0 Å². The van der Waals surface area contributed by atoms with Crippen molar-refractivity contribution in [3.8, 4) is 0 Å². The van der Waals surface area contributed by atoms with Crippen molar-refractivity contribution in [1.82, 2.24) is 19.7 Å². The second kappa shape index (κ2) is 5.11. The number of hydrogen-bond donors (Lipinski definition) is 2. The molecule has 0 radical (unpaired) electrons. The molecule has 0 atom stereocenters. The van der Waals surface area contributed by atoms with Crippen LogP contribution in [0.1, 0.15) is 42.8 Å². The first-order valence-corrected chi connectivity index (χ1v) is 7.02. The van der Waals surface area contributed by atoms with E-state index in [-0.39, 0.29) is 5.56 Å². The fourth-order valence-electron chi connectivity index (χ4n) is 2.33. The van der Waals surface area contributed by atoms with Gasteiger partial charge in [-0.1, -0.05) is 6.92 Å². The van der Waals surface area contributed by atoms with Crippen LogP contribution in [-0.2, 0) is 20.0 Å². The standard InChI is InChI=1S/C14H19N5O/c1-3-11-10(8-19(2)18-11)7-15-12-6-13(20)17-14(16-12)9-4-5-9/h6,8-9H,3-5,7H2,1-2H3,(H2,15,16,17,20). The second-order valence-corrected chi connectivity index (χ2v) is 5.27. The van der Waals surface area contributed by atoms with Crippen molar-refractivity contribution in [3.05, 3.63) is 39.7 Å². The molecule has 6 heteroatoms. The number of aromatic amines is 1. The number of nitrogens with one attached hydrogen (secondary N) is 2. The number of anilines is 1. The Labute approximate surface area is 117 Å². The van der Waals surface area contributed by atoms with Crippen LogP contribution in [0.4, 0.5) is 5.82 Å². The zero-order chi connectivity index (χ0) is 14.1. The Morgan fingerprint density at radius 2 is 2.30 bits per heavy atom. The summed E-state index contributed by atoms with van der Waals surface area (Å²) < 4.78 is 1.82. The number of aromatic nitrogens is 4. The lowest BCUT2D eigenvalue weighted by Crippen LogP contribution is -2.13. The first kappa shape index (κ1) is 12.9. The van der Waals surface area contributed by atoms with Crippen LogP contribution in [0.25, 0.3) is 0 Å². The lowest BCUT2D eigenvalue weighted by atomic mass is 10.2. The van der Waals surface area contributed by atoms with Gasteiger partial charge in [0.05, 0.1) is 5.69 Å². The molecule has 20 heavy (non-hydrogen) atoms. The lowest BCUT2D eigenvalue weighted by molar-refractivity contribution is 0.746. The summed E-state index contributed by atoms with van der Waals surface area (Å²) in [6, 6.07) is 1.51. The highest BCUT2D eigenvalue weighted by molar-refractivity contribution is 5.36. The molecule has 1 fully saturated rings. The van der Waals surface area contributed by atoms with Crippen molar-refractivity contribution in [3.63, 3.8) is 0 Å². The normalized spacial score (nSPS) is 14.5. The van der Waals surface area contributed by atoms with Gasteiger partial charge >= 0.3 is 0 Å². The Morgan fingerprint density at radius 3 is 3.00 bits per heavy atom. The molecule has 0 aromatic carbocycles. The highest BCUT2D eigenvalue weighted by Crippen LogP contribution is 2.37. The molecule has 1 aliphatic carbocycles. The predicted octanol–water partition coefficient (Wildman–Crippen LogP) is 1.56. The van der Waals surface area contributed by atoms with E-state index in [0.29, 0.717) is 18.3 Å². The SMILES string of the molecule is CCc1nn(C)cc1CNc1cc(=O)[nH]c(C2CC2)n1. The van der Waals surface area contributed by atoms with Gasteiger partial charge in [-0.25, -0.2) is 4.98 Å². The van der Waals surface area contributed by atoms with Gasteiger partial charge in [0.25, 0.3) is 5.56 Å². The van der Waals surface area contributed by atoms with Gasteiger partial charge in [0.15, 0.2) is 0 Å². The molecule has 0 spiro atoms. The number of nitrogens with zero attached hydrogens (tertiary/aromatic N) is 3. The molecule has 0 unspecified atom stereocenters. The fraction of sp³-hybridized carbons (Fsp3) is 0.500. The Balaban J connectivity index is 1.76. The molecule has 2 aromatic heterocycles. The van der Waals surface area contributed by atoms with E-state index in [1.165, 1.54) is 6.07 Å². The Kier molecular flexibility index (Phi) is 3.30. The minimum Gasteiger partial charge on any atom is -0.366 e. The van der Waals surface area contributed by atoms with Crippen LogP contribution in [0.5, 0.6) is 0 Å². The molecular formula is C14H19N5O. The van der Waals surface area contributed by atoms with Gasteiger partial charge in [0, 0.05) is 37.3 Å². The number of hydrogen-bond acceptors (Lipinski definition) is 4. The van der Waals surface area contributed by atoms with Gasteiger partial charge in [-0.15, -0.1) is 0 Å².